The van der Waals surface area contributed by atoms with Crippen LogP contribution in [0.2, 0.25) is 0 Å². The van der Waals surface area contributed by atoms with Gasteiger partial charge in [-0.2, -0.15) is 13.2 Å². The molecule has 1 amide bonds. The first-order valence-corrected chi connectivity index (χ1v) is 12.9. The summed E-state index contributed by atoms with van der Waals surface area (Å²) in [6.45, 7) is 8.46. The molecule has 2 N–H and O–H groups in total. The maximum atomic E-state index is 13.1. The molecule has 0 unspecified atom stereocenters. The maximum absolute atomic E-state index is 13.1. The normalized spacial score (nSPS) is 17.3. The molecule has 14 heteroatoms. The molecule has 3 aromatic rings. The number of pyridine rings is 3. The molecule has 1 saturated heterocycles. The molecule has 1 aliphatic rings. The molecular formula is C27H30F3N7O4. The van der Waals surface area contributed by atoms with Gasteiger partial charge in [-0.05, 0) is 57.4 Å². The van der Waals surface area contributed by atoms with Gasteiger partial charge in [-0.1, -0.05) is 6.92 Å². The zero-order valence-electron chi connectivity index (χ0n) is 22.9. The average Bonchev–Trinajstić information content (AvgIpc) is 3.26. The molecule has 4 rings (SSSR count). The van der Waals surface area contributed by atoms with Crippen LogP contribution in [0.25, 0.3) is 11.3 Å². The summed E-state index contributed by atoms with van der Waals surface area (Å²) < 4.78 is 44.9. The smallest absolute Gasteiger partial charge is 0.416 e. The SMILES string of the molecule is C[C@@H]1CCN(C(=O)OC(C)(C)C)[C@@H]1CNc1cc(-c2cc([N+](=O)[O-])cc(Nc3cc(C(F)(F)F)ccn3)n2)ccn1. The fourth-order valence-corrected chi connectivity index (χ4v) is 4.40. The minimum Gasteiger partial charge on any atom is -0.444 e. The van der Waals surface area contributed by atoms with E-state index in [0.717, 1.165) is 30.8 Å². The quantitative estimate of drug-likeness (QED) is 0.248. The van der Waals surface area contributed by atoms with Crippen molar-refractivity contribution in [2.24, 2.45) is 5.92 Å². The highest BCUT2D eigenvalue weighted by atomic mass is 19.4. The Labute approximate surface area is 234 Å². The van der Waals surface area contributed by atoms with Gasteiger partial charge >= 0.3 is 12.3 Å². The lowest BCUT2D eigenvalue weighted by atomic mass is 10.0. The predicted octanol–water partition coefficient (Wildman–Crippen LogP) is 6.27. The van der Waals surface area contributed by atoms with Gasteiger partial charge < -0.3 is 20.3 Å². The number of anilines is 3. The molecule has 218 valence electrons. The highest BCUT2D eigenvalue weighted by Crippen LogP contribution is 2.32. The van der Waals surface area contributed by atoms with Crippen molar-refractivity contribution in [2.75, 3.05) is 23.7 Å². The van der Waals surface area contributed by atoms with Crippen molar-refractivity contribution in [3.05, 3.63) is 64.5 Å². The summed E-state index contributed by atoms with van der Waals surface area (Å²) in [4.78, 5) is 38.0. The van der Waals surface area contributed by atoms with Gasteiger partial charge in [-0.15, -0.1) is 0 Å². The molecule has 2 atom stereocenters. The third kappa shape index (κ3) is 7.58. The Bertz CT molecular complexity index is 1430. The number of likely N-dealkylation sites (tertiary alicyclic amines) is 1. The minimum absolute atomic E-state index is 0.0554. The molecule has 0 aliphatic carbocycles. The van der Waals surface area contributed by atoms with Crippen molar-refractivity contribution in [1.29, 1.82) is 0 Å². The van der Waals surface area contributed by atoms with E-state index in [1.54, 1.807) is 17.0 Å². The van der Waals surface area contributed by atoms with Crippen LogP contribution >= 0.6 is 0 Å². The van der Waals surface area contributed by atoms with Gasteiger partial charge in [0.15, 0.2) is 0 Å². The average molecular weight is 574 g/mol. The number of nitro groups is 1. The van der Waals surface area contributed by atoms with Crippen LogP contribution in [-0.4, -0.2) is 55.6 Å². The van der Waals surface area contributed by atoms with Gasteiger partial charge in [-0.25, -0.2) is 19.7 Å². The molecule has 0 spiro atoms. The van der Waals surface area contributed by atoms with Gasteiger partial charge in [0, 0.05) is 37.1 Å². The minimum atomic E-state index is -4.58. The van der Waals surface area contributed by atoms with Gasteiger partial charge in [0.1, 0.15) is 23.1 Å². The van der Waals surface area contributed by atoms with E-state index in [9.17, 15) is 28.1 Å². The predicted molar refractivity (Wildman–Crippen MR) is 146 cm³/mol. The summed E-state index contributed by atoms with van der Waals surface area (Å²) in [5, 5.41) is 17.5. The largest absolute Gasteiger partial charge is 0.444 e. The van der Waals surface area contributed by atoms with Crippen LogP contribution in [-0.2, 0) is 10.9 Å². The second kappa shape index (κ2) is 11.6. The molecule has 0 bridgehead atoms. The lowest BCUT2D eigenvalue weighted by molar-refractivity contribution is -0.384. The van der Waals surface area contributed by atoms with Gasteiger partial charge in [0.2, 0.25) is 0 Å². The Balaban J connectivity index is 1.55. The van der Waals surface area contributed by atoms with E-state index >= 15 is 0 Å². The summed E-state index contributed by atoms with van der Waals surface area (Å²) in [5.41, 5.74) is -1.18. The zero-order chi connectivity index (χ0) is 29.9. The summed E-state index contributed by atoms with van der Waals surface area (Å²) in [6.07, 6.45) is -1.65. The second-order valence-electron chi connectivity index (χ2n) is 10.7. The Kier molecular flexibility index (Phi) is 8.31. The molecule has 41 heavy (non-hydrogen) atoms. The third-order valence-electron chi connectivity index (χ3n) is 6.42. The fraction of sp³-hybridized carbons (Fsp3) is 0.407. The van der Waals surface area contributed by atoms with E-state index in [-0.39, 0.29) is 41.1 Å². The van der Waals surface area contributed by atoms with Gasteiger partial charge in [-0.3, -0.25) is 10.1 Å². The van der Waals surface area contributed by atoms with Crippen molar-refractivity contribution in [3.63, 3.8) is 0 Å². The van der Waals surface area contributed by atoms with Crippen LogP contribution in [0, 0.1) is 16.0 Å². The van der Waals surface area contributed by atoms with Crippen LogP contribution in [0.5, 0.6) is 0 Å². The Hall–Kier alpha value is -4.49. The van der Waals surface area contributed by atoms with Crippen LogP contribution in [0.15, 0.2) is 48.8 Å². The first kappa shape index (κ1) is 29.5. The number of ether oxygens (including phenoxy) is 1. The van der Waals surface area contributed by atoms with E-state index in [1.165, 1.54) is 12.3 Å². The van der Waals surface area contributed by atoms with E-state index in [1.807, 2.05) is 20.8 Å². The number of alkyl halides is 3. The first-order chi connectivity index (χ1) is 19.2. The zero-order valence-corrected chi connectivity index (χ0v) is 22.9. The summed E-state index contributed by atoms with van der Waals surface area (Å²) in [5.74, 6) is 0.444. The number of nitrogens with zero attached hydrogens (tertiary/aromatic N) is 5. The lowest BCUT2D eigenvalue weighted by Gasteiger charge is -2.30. The number of carbonyl (C=O) groups excluding carboxylic acids is 1. The maximum Gasteiger partial charge on any atom is 0.416 e. The fourth-order valence-electron chi connectivity index (χ4n) is 4.40. The number of carbonyl (C=O) groups is 1. The number of hydrogen-bond acceptors (Lipinski definition) is 9. The van der Waals surface area contributed by atoms with Crippen LogP contribution in [0.4, 0.5) is 41.1 Å². The highest BCUT2D eigenvalue weighted by Gasteiger charge is 2.36. The van der Waals surface area contributed by atoms with Crippen LogP contribution < -0.4 is 10.6 Å². The lowest BCUT2D eigenvalue weighted by Crippen LogP contribution is -2.44. The monoisotopic (exact) mass is 573 g/mol. The molecule has 0 aromatic carbocycles. The second-order valence-corrected chi connectivity index (χ2v) is 10.7. The molecule has 0 radical (unpaired) electrons. The van der Waals surface area contributed by atoms with Gasteiger partial charge in [0.05, 0.1) is 28.3 Å². The Morgan fingerprint density at radius 1 is 1.10 bits per heavy atom. The number of rotatable bonds is 7. The highest BCUT2D eigenvalue weighted by molar-refractivity contribution is 5.70. The summed E-state index contributed by atoms with van der Waals surface area (Å²) in [7, 11) is 0. The van der Waals surface area contributed by atoms with Crippen molar-refractivity contribution in [2.45, 2.75) is 51.9 Å². The standard InChI is InChI=1S/C27H30F3N7O4/c1-16-7-10-36(25(38)41-26(2,3)4)21(16)15-33-22-11-17(5-8-31-22)20-13-19(37(39)40)14-24(34-20)35-23-12-18(6-9-32-23)27(28,29)30/h5-6,8-9,11-14,16,21H,7,10,15H2,1-4H3,(H,31,33)(H,32,34,35)/t16-,21-/m1/s1. The molecule has 4 heterocycles. The summed E-state index contributed by atoms with van der Waals surface area (Å²) >= 11 is 0. The van der Waals surface area contributed by atoms with Crippen molar-refractivity contribution >= 4 is 29.2 Å². The number of halogens is 3. The van der Waals surface area contributed by atoms with E-state index in [0.29, 0.717) is 24.5 Å². The number of hydrogen-bond donors (Lipinski definition) is 2. The molecule has 0 saturated carbocycles. The van der Waals surface area contributed by atoms with Crippen molar-refractivity contribution in [3.8, 4) is 11.3 Å². The molecule has 11 nitrogen and oxygen atoms in total. The third-order valence-corrected chi connectivity index (χ3v) is 6.42. The van der Waals surface area contributed by atoms with Crippen LogP contribution in [0.1, 0.15) is 39.7 Å². The van der Waals surface area contributed by atoms with Crippen molar-refractivity contribution in [1.82, 2.24) is 19.9 Å². The topological polar surface area (TPSA) is 135 Å². The van der Waals surface area contributed by atoms with Crippen molar-refractivity contribution < 1.29 is 27.6 Å². The Morgan fingerprint density at radius 2 is 1.80 bits per heavy atom. The summed E-state index contributed by atoms with van der Waals surface area (Å²) in [6, 6.07) is 7.10. The number of aromatic nitrogens is 3. The van der Waals surface area contributed by atoms with Gasteiger partial charge in [0.25, 0.3) is 5.69 Å². The molecule has 1 aliphatic heterocycles. The Morgan fingerprint density at radius 3 is 2.49 bits per heavy atom. The molecule has 3 aromatic heterocycles. The van der Waals surface area contributed by atoms with E-state index < -0.39 is 22.3 Å². The molecular weight excluding hydrogens is 543 g/mol. The van der Waals surface area contributed by atoms with E-state index in [2.05, 4.69) is 32.5 Å². The van der Waals surface area contributed by atoms with E-state index in [4.69, 9.17) is 4.74 Å². The van der Waals surface area contributed by atoms with Crippen LogP contribution in [0.3, 0.4) is 0 Å². The first-order valence-electron chi connectivity index (χ1n) is 12.9. The number of nitrogens with one attached hydrogen (secondary N) is 2. The number of amides is 1. The molecule has 1 fully saturated rings.